The highest BCUT2D eigenvalue weighted by atomic mass is 15.1. The van der Waals surface area contributed by atoms with Crippen LogP contribution >= 0.6 is 0 Å². The Labute approximate surface area is 317 Å². The molecule has 254 valence electrons. The number of fused-ring (bicyclic) bond motifs is 4. The van der Waals surface area contributed by atoms with Crippen LogP contribution in [0, 0.1) is 0 Å². The van der Waals surface area contributed by atoms with Crippen molar-refractivity contribution in [2.75, 3.05) is 4.90 Å². The van der Waals surface area contributed by atoms with Crippen LogP contribution in [-0.4, -0.2) is 0 Å². The maximum atomic E-state index is 2.46. The minimum atomic E-state index is -0.488. The fourth-order valence-corrected chi connectivity index (χ4v) is 8.81. The topological polar surface area (TPSA) is 3.24 Å². The van der Waals surface area contributed by atoms with Crippen molar-refractivity contribution in [3.05, 3.63) is 247 Å². The standard InChI is InChI=1S/C53H37N/c1-4-17-38(18-5-1)39-33-35-44(36-34-39)54(45-26-14-21-41(37-45)47-29-15-20-40-19-10-11-27-46(40)47)51-32-16-31-50-52(51)48-28-12-13-30-49(48)53(50,42-22-6-2-7-23-42)43-24-8-3-9-25-43/h1-37H. The van der Waals surface area contributed by atoms with Gasteiger partial charge in [0.25, 0.3) is 0 Å². The van der Waals surface area contributed by atoms with Gasteiger partial charge in [-0.15, -0.1) is 0 Å². The molecule has 0 spiro atoms. The zero-order valence-corrected chi connectivity index (χ0v) is 29.8. The molecular weight excluding hydrogens is 651 g/mol. The van der Waals surface area contributed by atoms with Crippen molar-refractivity contribution in [2.24, 2.45) is 0 Å². The summed E-state index contributed by atoms with van der Waals surface area (Å²) in [6.45, 7) is 0. The second-order valence-electron chi connectivity index (χ2n) is 14.1. The van der Waals surface area contributed by atoms with Crippen molar-refractivity contribution in [3.8, 4) is 33.4 Å². The lowest BCUT2D eigenvalue weighted by atomic mass is 9.68. The summed E-state index contributed by atoms with van der Waals surface area (Å²) in [5, 5.41) is 2.49. The molecule has 0 saturated heterocycles. The Balaban J connectivity index is 1.24. The van der Waals surface area contributed by atoms with E-state index in [0.717, 1.165) is 17.1 Å². The first kappa shape index (κ1) is 31.7. The highest BCUT2D eigenvalue weighted by molar-refractivity contribution is 6.00. The normalized spacial score (nSPS) is 12.6. The summed E-state index contributed by atoms with van der Waals surface area (Å²) in [4.78, 5) is 2.46. The first-order valence-corrected chi connectivity index (χ1v) is 18.7. The fraction of sp³-hybridized carbons (Fsp3) is 0.0189. The van der Waals surface area contributed by atoms with E-state index in [4.69, 9.17) is 0 Å². The Morgan fingerprint density at radius 2 is 0.870 bits per heavy atom. The average molecular weight is 688 g/mol. The molecule has 0 saturated carbocycles. The summed E-state index contributed by atoms with van der Waals surface area (Å²) in [6, 6.07) is 82.0. The minimum absolute atomic E-state index is 0.488. The molecule has 0 amide bonds. The maximum absolute atomic E-state index is 2.46. The molecule has 9 aromatic carbocycles. The van der Waals surface area contributed by atoms with Crippen LogP contribution in [0.1, 0.15) is 22.3 Å². The van der Waals surface area contributed by atoms with Crippen molar-refractivity contribution in [1.82, 2.24) is 0 Å². The quantitative estimate of drug-likeness (QED) is 0.161. The van der Waals surface area contributed by atoms with Gasteiger partial charge in [-0.05, 0) is 91.2 Å². The highest BCUT2D eigenvalue weighted by Crippen LogP contribution is 2.59. The molecule has 0 N–H and O–H groups in total. The molecule has 9 aromatic rings. The third-order valence-corrected chi connectivity index (χ3v) is 11.1. The largest absolute Gasteiger partial charge is 0.310 e. The summed E-state index contributed by atoms with van der Waals surface area (Å²) in [7, 11) is 0. The second kappa shape index (κ2) is 13.2. The average Bonchev–Trinajstić information content (AvgIpc) is 3.56. The van der Waals surface area contributed by atoms with Crippen molar-refractivity contribution < 1.29 is 0 Å². The van der Waals surface area contributed by atoms with E-state index in [-0.39, 0.29) is 0 Å². The van der Waals surface area contributed by atoms with Crippen LogP contribution in [0.3, 0.4) is 0 Å². The Morgan fingerprint density at radius 1 is 0.333 bits per heavy atom. The molecule has 1 nitrogen and oxygen atoms in total. The van der Waals surface area contributed by atoms with Crippen LogP contribution in [0.25, 0.3) is 44.2 Å². The van der Waals surface area contributed by atoms with E-state index in [1.165, 1.54) is 66.4 Å². The summed E-state index contributed by atoms with van der Waals surface area (Å²) in [6.07, 6.45) is 0. The predicted molar refractivity (Wildman–Crippen MR) is 227 cm³/mol. The SMILES string of the molecule is c1ccc(-c2ccc(N(c3cccc(-c4cccc5ccccc45)c3)c3cccc4c3-c3ccccc3C4(c3ccccc3)c3ccccc3)cc2)cc1. The fourth-order valence-electron chi connectivity index (χ4n) is 8.81. The summed E-state index contributed by atoms with van der Waals surface area (Å²) in [5.41, 5.74) is 15.3. The monoisotopic (exact) mass is 687 g/mol. The molecular formula is C53H37N. The molecule has 0 aromatic heterocycles. The highest BCUT2D eigenvalue weighted by Gasteiger charge is 2.47. The molecule has 54 heavy (non-hydrogen) atoms. The van der Waals surface area contributed by atoms with Gasteiger partial charge in [0.2, 0.25) is 0 Å². The maximum Gasteiger partial charge on any atom is 0.0714 e. The van der Waals surface area contributed by atoms with E-state index in [1.807, 2.05) is 0 Å². The molecule has 0 unspecified atom stereocenters. The van der Waals surface area contributed by atoms with Gasteiger partial charge in [0.05, 0.1) is 11.1 Å². The van der Waals surface area contributed by atoms with E-state index < -0.39 is 5.41 Å². The first-order valence-electron chi connectivity index (χ1n) is 18.7. The van der Waals surface area contributed by atoms with Gasteiger partial charge in [-0.3, -0.25) is 0 Å². The lowest BCUT2D eigenvalue weighted by Crippen LogP contribution is -2.28. The molecule has 0 radical (unpaired) electrons. The van der Waals surface area contributed by atoms with E-state index in [2.05, 4.69) is 229 Å². The van der Waals surface area contributed by atoms with Crippen molar-refractivity contribution in [3.63, 3.8) is 0 Å². The molecule has 1 heteroatoms. The summed E-state index contributed by atoms with van der Waals surface area (Å²) >= 11 is 0. The molecule has 0 fully saturated rings. The number of anilines is 3. The molecule has 0 aliphatic heterocycles. The number of hydrogen-bond donors (Lipinski definition) is 0. The Hall–Kier alpha value is -6.96. The Kier molecular flexibility index (Phi) is 7.78. The van der Waals surface area contributed by atoms with Crippen LogP contribution in [0.4, 0.5) is 17.1 Å². The van der Waals surface area contributed by atoms with Crippen molar-refractivity contribution in [2.45, 2.75) is 5.41 Å². The van der Waals surface area contributed by atoms with Gasteiger partial charge in [0.1, 0.15) is 0 Å². The van der Waals surface area contributed by atoms with Gasteiger partial charge in [0, 0.05) is 16.9 Å². The third kappa shape index (κ3) is 5.09. The second-order valence-corrected chi connectivity index (χ2v) is 14.1. The Bertz CT molecular complexity index is 2700. The van der Waals surface area contributed by atoms with Crippen LogP contribution in [-0.2, 0) is 5.41 Å². The van der Waals surface area contributed by atoms with Crippen molar-refractivity contribution in [1.29, 1.82) is 0 Å². The third-order valence-electron chi connectivity index (χ3n) is 11.1. The number of nitrogens with zero attached hydrogens (tertiary/aromatic N) is 1. The molecule has 1 aliphatic rings. The van der Waals surface area contributed by atoms with Gasteiger partial charge >= 0.3 is 0 Å². The van der Waals surface area contributed by atoms with Crippen LogP contribution in [0.5, 0.6) is 0 Å². The van der Waals surface area contributed by atoms with Gasteiger partial charge in [-0.1, -0.05) is 194 Å². The summed E-state index contributed by atoms with van der Waals surface area (Å²) < 4.78 is 0. The predicted octanol–water partition coefficient (Wildman–Crippen LogP) is 14.0. The van der Waals surface area contributed by atoms with Crippen molar-refractivity contribution >= 4 is 27.8 Å². The van der Waals surface area contributed by atoms with Crippen LogP contribution in [0.15, 0.2) is 224 Å². The number of hydrogen-bond acceptors (Lipinski definition) is 1. The van der Waals surface area contributed by atoms with E-state index in [1.54, 1.807) is 0 Å². The van der Waals surface area contributed by atoms with Gasteiger partial charge in [0.15, 0.2) is 0 Å². The van der Waals surface area contributed by atoms with Gasteiger partial charge in [-0.2, -0.15) is 0 Å². The van der Waals surface area contributed by atoms with Gasteiger partial charge < -0.3 is 4.90 Å². The van der Waals surface area contributed by atoms with E-state index >= 15 is 0 Å². The molecule has 0 atom stereocenters. The molecule has 0 heterocycles. The lowest BCUT2D eigenvalue weighted by molar-refractivity contribution is 0.768. The first-order chi connectivity index (χ1) is 26.8. The Morgan fingerprint density at radius 3 is 1.63 bits per heavy atom. The molecule has 10 rings (SSSR count). The summed E-state index contributed by atoms with van der Waals surface area (Å²) in [5.74, 6) is 0. The minimum Gasteiger partial charge on any atom is -0.310 e. The number of rotatable bonds is 7. The zero-order valence-electron chi connectivity index (χ0n) is 29.8. The zero-order chi connectivity index (χ0) is 35.9. The molecule has 0 bridgehead atoms. The van der Waals surface area contributed by atoms with E-state index in [0.29, 0.717) is 0 Å². The molecule has 1 aliphatic carbocycles. The van der Waals surface area contributed by atoms with Crippen LogP contribution < -0.4 is 4.90 Å². The van der Waals surface area contributed by atoms with E-state index in [9.17, 15) is 0 Å². The van der Waals surface area contributed by atoms with Crippen LogP contribution in [0.2, 0.25) is 0 Å². The number of benzene rings is 9. The lowest BCUT2D eigenvalue weighted by Gasteiger charge is -2.34. The smallest absolute Gasteiger partial charge is 0.0714 e. The van der Waals surface area contributed by atoms with Gasteiger partial charge in [-0.25, -0.2) is 0 Å².